The second-order valence-electron chi connectivity index (χ2n) is 5.18. The smallest absolute Gasteiger partial charge is 0.223 e. The van der Waals surface area contributed by atoms with Crippen molar-refractivity contribution in [1.82, 2.24) is 5.32 Å². The number of hydrogen-bond acceptors (Lipinski definition) is 2. The molecule has 2 aliphatic carbocycles. The number of carbonyl (C=O) groups is 1. The van der Waals surface area contributed by atoms with Crippen LogP contribution in [0.15, 0.2) is 0 Å². The highest BCUT2D eigenvalue weighted by molar-refractivity contribution is 5.85. The van der Waals surface area contributed by atoms with Gasteiger partial charge in [-0.05, 0) is 31.6 Å². The third kappa shape index (κ3) is 3.63. The number of carbonyl (C=O) groups excluding carboxylic acids is 1. The van der Waals surface area contributed by atoms with E-state index < -0.39 is 0 Å². The Bertz CT molecular complexity index is 223. The quantitative estimate of drug-likeness (QED) is 0.799. The van der Waals surface area contributed by atoms with Crippen LogP contribution < -0.4 is 11.1 Å². The fraction of sp³-hybridized carbons (Fsp3) is 0.917. The van der Waals surface area contributed by atoms with E-state index in [0.29, 0.717) is 0 Å². The van der Waals surface area contributed by atoms with Crippen LogP contribution in [0.25, 0.3) is 0 Å². The number of rotatable bonds is 3. The summed E-state index contributed by atoms with van der Waals surface area (Å²) >= 11 is 0. The van der Waals surface area contributed by atoms with E-state index in [1.807, 2.05) is 0 Å². The van der Waals surface area contributed by atoms with Crippen molar-refractivity contribution >= 4 is 18.3 Å². The van der Waals surface area contributed by atoms with Crippen LogP contribution in [0.1, 0.15) is 44.9 Å². The fourth-order valence-electron chi connectivity index (χ4n) is 2.66. The number of hydrogen-bond donors (Lipinski definition) is 2. The molecule has 4 heteroatoms. The van der Waals surface area contributed by atoms with Crippen LogP contribution in [-0.2, 0) is 4.79 Å². The maximum atomic E-state index is 11.6. The fourth-order valence-corrected chi connectivity index (χ4v) is 2.66. The van der Waals surface area contributed by atoms with Crippen molar-refractivity contribution in [2.24, 2.45) is 17.6 Å². The maximum absolute atomic E-state index is 11.6. The zero-order chi connectivity index (χ0) is 10.7. The lowest BCUT2D eigenvalue weighted by Crippen LogP contribution is -2.46. The first kappa shape index (κ1) is 13.8. The topological polar surface area (TPSA) is 55.1 Å². The molecule has 0 aromatic heterocycles. The average molecular weight is 247 g/mol. The zero-order valence-corrected chi connectivity index (χ0v) is 10.6. The second kappa shape index (κ2) is 6.45. The summed E-state index contributed by atoms with van der Waals surface area (Å²) in [7, 11) is 0. The van der Waals surface area contributed by atoms with Gasteiger partial charge >= 0.3 is 0 Å². The largest absolute Gasteiger partial charge is 0.356 e. The second-order valence-corrected chi connectivity index (χ2v) is 5.18. The Hall–Kier alpha value is -0.280. The van der Waals surface area contributed by atoms with Gasteiger partial charge < -0.3 is 11.1 Å². The van der Waals surface area contributed by atoms with Crippen molar-refractivity contribution in [2.45, 2.75) is 51.0 Å². The van der Waals surface area contributed by atoms with E-state index in [1.165, 1.54) is 32.1 Å². The van der Waals surface area contributed by atoms with Crippen LogP contribution in [0.2, 0.25) is 0 Å². The van der Waals surface area contributed by atoms with Crippen molar-refractivity contribution in [2.75, 3.05) is 6.54 Å². The lowest BCUT2D eigenvalue weighted by Gasteiger charge is -2.32. The van der Waals surface area contributed by atoms with Crippen molar-refractivity contribution in [1.29, 1.82) is 0 Å². The Labute approximate surface area is 104 Å². The van der Waals surface area contributed by atoms with Crippen LogP contribution in [0, 0.1) is 11.8 Å². The first-order chi connectivity index (χ1) is 7.25. The summed E-state index contributed by atoms with van der Waals surface area (Å²) in [6.45, 7) is 0.893. The zero-order valence-electron chi connectivity index (χ0n) is 9.78. The summed E-state index contributed by atoms with van der Waals surface area (Å²) in [5.74, 6) is 1.18. The molecule has 94 valence electrons. The summed E-state index contributed by atoms with van der Waals surface area (Å²) in [6.07, 6.45) is 8.42. The summed E-state index contributed by atoms with van der Waals surface area (Å²) in [4.78, 5) is 11.6. The van der Waals surface area contributed by atoms with Gasteiger partial charge in [-0.1, -0.05) is 19.3 Å². The van der Waals surface area contributed by atoms with Gasteiger partial charge in [0.1, 0.15) is 0 Å². The predicted octanol–water partition coefficient (Wildman–Crippen LogP) is 1.84. The third-order valence-electron chi connectivity index (χ3n) is 3.84. The summed E-state index contributed by atoms with van der Waals surface area (Å²) in [5.41, 5.74) is 5.67. The molecular weight excluding hydrogens is 224 g/mol. The van der Waals surface area contributed by atoms with Crippen LogP contribution in [-0.4, -0.2) is 18.5 Å². The summed E-state index contributed by atoms with van der Waals surface area (Å²) < 4.78 is 0. The molecule has 0 saturated heterocycles. The van der Waals surface area contributed by atoms with E-state index in [4.69, 9.17) is 5.73 Å². The van der Waals surface area contributed by atoms with Gasteiger partial charge in [0.05, 0.1) is 0 Å². The molecule has 1 amide bonds. The number of amides is 1. The van der Waals surface area contributed by atoms with Gasteiger partial charge in [0.15, 0.2) is 0 Å². The highest BCUT2D eigenvalue weighted by Gasteiger charge is 2.31. The van der Waals surface area contributed by atoms with E-state index in [-0.39, 0.29) is 30.3 Å². The third-order valence-corrected chi connectivity index (χ3v) is 3.84. The monoisotopic (exact) mass is 246 g/mol. The first-order valence-corrected chi connectivity index (χ1v) is 6.29. The molecule has 0 bridgehead atoms. The lowest BCUT2D eigenvalue weighted by molar-refractivity contribution is -0.128. The van der Waals surface area contributed by atoms with Crippen molar-refractivity contribution in [3.63, 3.8) is 0 Å². The maximum Gasteiger partial charge on any atom is 0.223 e. The molecule has 0 aromatic rings. The predicted molar refractivity (Wildman–Crippen MR) is 67.5 cm³/mol. The van der Waals surface area contributed by atoms with Crippen LogP contribution in [0.5, 0.6) is 0 Å². The normalized spacial score (nSPS) is 30.1. The van der Waals surface area contributed by atoms with E-state index in [9.17, 15) is 4.79 Å². The highest BCUT2D eigenvalue weighted by Crippen LogP contribution is 2.26. The Balaban J connectivity index is 0.00000128. The molecule has 0 atom stereocenters. The molecule has 0 aromatic carbocycles. The molecule has 2 saturated carbocycles. The van der Waals surface area contributed by atoms with Gasteiger partial charge in [-0.25, -0.2) is 0 Å². The van der Waals surface area contributed by atoms with Gasteiger partial charge in [0.2, 0.25) is 5.91 Å². The molecule has 2 fully saturated rings. The van der Waals surface area contributed by atoms with Gasteiger partial charge in [-0.15, -0.1) is 12.4 Å². The van der Waals surface area contributed by atoms with Crippen molar-refractivity contribution in [3.05, 3.63) is 0 Å². The number of nitrogens with two attached hydrogens (primary N) is 1. The van der Waals surface area contributed by atoms with Crippen LogP contribution >= 0.6 is 12.4 Å². The van der Waals surface area contributed by atoms with Gasteiger partial charge in [-0.2, -0.15) is 0 Å². The summed E-state index contributed by atoms with van der Waals surface area (Å²) in [5, 5.41) is 3.08. The minimum absolute atomic E-state index is 0. The molecule has 0 radical (unpaired) electrons. The Kier molecular flexibility index (Phi) is 5.56. The van der Waals surface area contributed by atoms with Crippen molar-refractivity contribution in [3.8, 4) is 0 Å². The molecule has 3 nitrogen and oxygen atoms in total. The van der Waals surface area contributed by atoms with Gasteiger partial charge in [0, 0.05) is 18.5 Å². The molecule has 2 aliphatic rings. The molecular formula is C12H23ClN2O. The lowest BCUT2D eigenvalue weighted by atomic mass is 9.80. The average Bonchev–Trinajstić information content (AvgIpc) is 2.23. The van der Waals surface area contributed by atoms with E-state index in [0.717, 1.165) is 25.3 Å². The van der Waals surface area contributed by atoms with Crippen LogP contribution in [0.3, 0.4) is 0 Å². The number of halogens is 1. The standard InChI is InChI=1S/C12H22N2O.ClH/c13-11-6-10(7-11)12(15)14-8-9-4-2-1-3-5-9;/h9-11H,1-8,13H2,(H,14,15);1H. The van der Waals surface area contributed by atoms with Gasteiger partial charge in [-0.3, -0.25) is 4.79 Å². The molecule has 0 unspecified atom stereocenters. The molecule has 0 spiro atoms. The molecule has 16 heavy (non-hydrogen) atoms. The number of nitrogens with one attached hydrogen (secondary N) is 1. The van der Waals surface area contributed by atoms with E-state index >= 15 is 0 Å². The highest BCUT2D eigenvalue weighted by atomic mass is 35.5. The molecule has 2 rings (SSSR count). The van der Waals surface area contributed by atoms with Crippen LogP contribution in [0.4, 0.5) is 0 Å². The SMILES string of the molecule is Cl.NC1CC(C(=O)NCC2CCCCC2)C1. The Morgan fingerprint density at radius 1 is 1.19 bits per heavy atom. The van der Waals surface area contributed by atoms with Crippen molar-refractivity contribution < 1.29 is 4.79 Å². The Morgan fingerprint density at radius 2 is 1.81 bits per heavy atom. The minimum atomic E-state index is 0. The van der Waals surface area contributed by atoms with E-state index in [1.54, 1.807) is 0 Å². The molecule has 0 aliphatic heterocycles. The van der Waals surface area contributed by atoms with E-state index in [2.05, 4.69) is 5.32 Å². The Morgan fingerprint density at radius 3 is 2.38 bits per heavy atom. The molecule has 3 N–H and O–H groups in total. The minimum Gasteiger partial charge on any atom is -0.356 e. The van der Waals surface area contributed by atoms with Gasteiger partial charge in [0.25, 0.3) is 0 Å². The first-order valence-electron chi connectivity index (χ1n) is 6.29. The summed E-state index contributed by atoms with van der Waals surface area (Å²) in [6, 6.07) is 0.274. The molecule has 0 heterocycles.